The minimum Gasteiger partial charge on any atom is -0.390 e. The molecule has 3 nitrogen and oxygen atoms in total. The highest BCUT2D eigenvalue weighted by Crippen LogP contribution is 2.23. The normalized spacial score (nSPS) is 27.5. The van der Waals surface area contributed by atoms with E-state index >= 15 is 0 Å². The maximum absolute atomic E-state index is 10.00. The molecule has 98 valence electrons. The Morgan fingerprint density at radius 3 is 2.71 bits per heavy atom. The Labute approximate surface area is 105 Å². The lowest BCUT2D eigenvalue weighted by Gasteiger charge is -2.23. The zero-order chi connectivity index (χ0) is 12.9. The van der Waals surface area contributed by atoms with Gasteiger partial charge in [0.2, 0.25) is 0 Å². The Morgan fingerprint density at radius 1 is 1.35 bits per heavy atom. The molecule has 1 N–H and O–H groups in total. The largest absolute Gasteiger partial charge is 0.390 e. The van der Waals surface area contributed by atoms with Crippen LogP contribution < -0.4 is 0 Å². The van der Waals surface area contributed by atoms with E-state index in [2.05, 4.69) is 11.0 Å². The van der Waals surface area contributed by atoms with Gasteiger partial charge in [-0.05, 0) is 66.0 Å². The molecule has 0 radical (unpaired) electrons. The quantitative estimate of drug-likeness (QED) is 0.818. The van der Waals surface area contributed by atoms with Crippen LogP contribution in [0.25, 0.3) is 0 Å². The molecule has 1 unspecified atom stereocenters. The Balaban J connectivity index is 2.27. The summed E-state index contributed by atoms with van der Waals surface area (Å²) >= 11 is 0. The fourth-order valence-corrected chi connectivity index (χ4v) is 2.34. The Kier molecular flexibility index (Phi) is 4.97. The Bertz CT molecular complexity index is 278. The lowest BCUT2D eigenvalue weighted by atomic mass is 9.90. The molecule has 0 aromatic heterocycles. The van der Waals surface area contributed by atoms with E-state index in [1.165, 1.54) is 0 Å². The summed E-state index contributed by atoms with van der Waals surface area (Å²) in [4.78, 5) is 2.43. The molecule has 3 heteroatoms. The molecular formula is C14H26N2O. The van der Waals surface area contributed by atoms with E-state index in [0.29, 0.717) is 0 Å². The summed E-state index contributed by atoms with van der Waals surface area (Å²) < 4.78 is 0. The standard InChI is InChI=1S/C14H26N2O/c1-13(2,12-15)6-4-9-16-10-5-7-14(3,17)8-11-16/h17H,4-11H2,1-3H3. The maximum atomic E-state index is 10.00. The van der Waals surface area contributed by atoms with Gasteiger partial charge in [0.1, 0.15) is 0 Å². The Morgan fingerprint density at radius 2 is 2.06 bits per heavy atom. The first-order valence-electron chi connectivity index (χ1n) is 6.71. The van der Waals surface area contributed by atoms with Crippen molar-refractivity contribution >= 4 is 0 Å². The molecule has 1 aliphatic heterocycles. The van der Waals surface area contributed by atoms with Gasteiger partial charge in [0.15, 0.2) is 0 Å². The molecule has 0 aromatic carbocycles. The SMILES string of the molecule is CC(C)(C#N)CCCN1CCCC(C)(O)CC1. The van der Waals surface area contributed by atoms with Crippen LogP contribution in [0.5, 0.6) is 0 Å². The van der Waals surface area contributed by atoms with Crippen LogP contribution in [0.15, 0.2) is 0 Å². The predicted molar refractivity (Wildman–Crippen MR) is 69.5 cm³/mol. The minimum absolute atomic E-state index is 0.197. The number of aliphatic hydroxyl groups is 1. The highest BCUT2D eigenvalue weighted by atomic mass is 16.3. The topological polar surface area (TPSA) is 47.3 Å². The van der Waals surface area contributed by atoms with Crippen LogP contribution in [0.3, 0.4) is 0 Å². The summed E-state index contributed by atoms with van der Waals surface area (Å²) in [6.45, 7) is 9.07. The van der Waals surface area contributed by atoms with Gasteiger partial charge in [-0.15, -0.1) is 0 Å². The van der Waals surface area contributed by atoms with Crippen LogP contribution in [0.4, 0.5) is 0 Å². The third-order valence-electron chi connectivity index (χ3n) is 3.74. The lowest BCUT2D eigenvalue weighted by Crippen LogP contribution is -2.29. The summed E-state index contributed by atoms with van der Waals surface area (Å²) in [7, 11) is 0. The van der Waals surface area contributed by atoms with Crippen LogP contribution in [0.2, 0.25) is 0 Å². The Hall–Kier alpha value is -0.590. The van der Waals surface area contributed by atoms with Crippen LogP contribution in [-0.2, 0) is 0 Å². The van der Waals surface area contributed by atoms with Crippen molar-refractivity contribution in [2.24, 2.45) is 5.41 Å². The van der Waals surface area contributed by atoms with Crippen molar-refractivity contribution in [2.45, 2.75) is 58.5 Å². The number of nitrogens with zero attached hydrogens (tertiary/aromatic N) is 2. The van der Waals surface area contributed by atoms with Gasteiger partial charge >= 0.3 is 0 Å². The average Bonchev–Trinajstić information content (AvgIpc) is 2.40. The van der Waals surface area contributed by atoms with E-state index in [-0.39, 0.29) is 5.41 Å². The molecule has 1 fully saturated rings. The second-order valence-corrected chi connectivity index (χ2v) is 6.29. The fraction of sp³-hybridized carbons (Fsp3) is 0.929. The van der Waals surface area contributed by atoms with Gasteiger partial charge in [-0.25, -0.2) is 0 Å². The van der Waals surface area contributed by atoms with Gasteiger partial charge < -0.3 is 10.0 Å². The molecule has 1 atom stereocenters. The van der Waals surface area contributed by atoms with Crippen molar-refractivity contribution in [1.29, 1.82) is 5.26 Å². The number of nitriles is 1. The van der Waals surface area contributed by atoms with Crippen molar-refractivity contribution in [2.75, 3.05) is 19.6 Å². The molecule has 0 bridgehead atoms. The van der Waals surface area contributed by atoms with E-state index in [9.17, 15) is 5.11 Å². The van der Waals surface area contributed by atoms with Gasteiger partial charge in [-0.2, -0.15) is 5.26 Å². The van der Waals surface area contributed by atoms with Crippen LogP contribution >= 0.6 is 0 Å². The number of hydrogen-bond acceptors (Lipinski definition) is 3. The molecule has 0 spiro atoms. The third-order valence-corrected chi connectivity index (χ3v) is 3.74. The van der Waals surface area contributed by atoms with E-state index in [4.69, 9.17) is 5.26 Å². The fourth-order valence-electron chi connectivity index (χ4n) is 2.34. The van der Waals surface area contributed by atoms with Crippen LogP contribution in [0.1, 0.15) is 52.9 Å². The van der Waals surface area contributed by atoms with E-state index in [1.807, 2.05) is 20.8 Å². The number of likely N-dealkylation sites (tertiary alicyclic amines) is 1. The van der Waals surface area contributed by atoms with Crippen LogP contribution in [-0.4, -0.2) is 35.2 Å². The first-order chi connectivity index (χ1) is 7.85. The molecular weight excluding hydrogens is 212 g/mol. The van der Waals surface area contributed by atoms with Crippen molar-refractivity contribution in [1.82, 2.24) is 4.90 Å². The summed E-state index contributed by atoms with van der Waals surface area (Å²) in [6, 6.07) is 2.35. The first kappa shape index (κ1) is 14.5. The average molecular weight is 238 g/mol. The van der Waals surface area contributed by atoms with Crippen LogP contribution in [0, 0.1) is 16.7 Å². The molecule has 1 aliphatic rings. The molecule has 1 saturated heterocycles. The second kappa shape index (κ2) is 5.84. The number of hydrogen-bond donors (Lipinski definition) is 1. The van der Waals surface area contributed by atoms with Gasteiger partial charge in [-0.1, -0.05) is 0 Å². The molecule has 0 saturated carbocycles. The zero-order valence-corrected chi connectivity index (χ0v) is 11.5. The zero-order valence-electron chi connectivity index (χ0n) is 11.5. The van der Waals surface area contributed by atoms with E-state index in [0.717, 1.165) is 51.7 Å². The lowest BCUT2D eigenvalue weighted by molar-refractivity contribution is 0.0445. The summed E-state index contributed by atoms with van der Waals surface area (Å²) in [5.74, 6) is 0. The van der Waals surface area contributed by atoms with Gasteiger partial charge in [-0.3, -0.25) is 0 Å². The summed E-state index contributed by atoms with van der Waals surface area (Å²) in [5, 5.41) is 18.9. The molecule has 1 rings (SSSR count). The second-order valence-electron chi connectivity index (χ2n) is 6.29. The maximum Gasteiger partial charge on any atom is 0.0683 e. The molecule has 0 amide bonds. The van der Waals surface area contributed by atoms with E-state index in [1.54, 1.807) is 0 Å². The molecule has 1 heterocycles. The van der Waals surface area contributed by atoms with Gasteiger partial charge in [0.25, 0.3) is 0 Å². The monoisotopic (exact) mass is 238 g/mol. The predicted octanol–water partition coefficient (Wildman–Crippen LogP) is 2.55. The highest BCUT2D eigenvalue weighted by molar-refractivity contribution is 4.91. The van der Waals surface area contributed by atoms with Gasteiger partial charge in [0.05, 0.1) is 17.1 Å². The molecule has 0 aromatic rings. The smallest absolute Gasteiger partial charge is 0.0683 e. The summed E-state index contributed by atoms with van der Waals surface area (Å²) in [5.41, 5.74) is -0.669. The molecule has 0 aliphatic carbocycles. The minimum atomic E-state index is -0.472. The molecule has 17 heavy (non-hydrogen) atoms. The first-order valence-corrected chi connectivity index (χ1v) is 6.71. The van der Waals surface area contributed by atoms with Crippen molar-refractivity contribution in [3.63, 3.8) is 0 Å². The summed E-state index contributed by atoms with van der Waals surface area (Å²) in [6.07, 6.45) is 4.88. The van der Waals surface area contributed by atoms with Crippen molar-refractivity contribution in [3.05, 3.63) is 0 Å². The van der Waals surface area contributed by atoms with Crippen molar-refractivity contribution < 1.29 is 5.11 Å². The highest BCUT2D eigenvalue weighted by Gasteiger charge is 2.25. The van der Waals surface area contributed by atoms with E-state index < -0.39 is 5.60 Å². The number of rotatable bonds is 4. The van der Waals surface area contributed by atoms with Crippen molar-refractivity contribution in [3.8, 4) is 6.07 Å². The van der Waals surface area contributed by atoms with Gasteiger partial charge in [0, 0.05) is 6.54 Å². The third kappa shape index (κ3) is 5.52.